The van der Waals surface area contributed by atoms with E-state index in [9.17, 15) is 4.79 Å². The van der Waals surface area contributed by atoms with Crippen LogP contribution in [-0.2, 0) is 16.1 Å². The van der Waals surface area contributed by atoms with Crippen LogP contribution < -0.4 is 0 Å². The Bertz CT molecular complexity index is 582. The average molecular weight is 346 g/mol. The molecule has 2 rings (SSSR count). The third-order valence-electron chi connectivity index (χ3n) is 2.37. The van der Waals surface area contributed by atoms with E-state index in [4.69, 9.17) is 4.42 Å². The van der Waals surface area contributed by atoms with E-state index in [2.05, 4.69) is 30.9 Å². The first-order chi connectivity index (χ1) is 9.15. The molecule has 19 heavy (non-hydrogen) atoms. The molecule has 0 N–H and O–H groups in total. The molecule has 0 aliphatic rings. The SMILES string of the molecule is CCn1c(SCC(=O)OC)nnc1-c1ccc(Br)o1. The summed E-state index contributed by atoms with van der Waals surface area (Å²) < 4.78 is 12.6. The molecule has 0 aliphatic carbocycles. The third-order valence-corrected chi connectivity index (χ3v) is 3.74. The normalized spacial score (nSPS) is 10.7. The lowest BCUT2D eigenvalue weighted by Gasteiger charge is -2.04. The van der Waals surface area contributed by atoms with Crippen molar-refractivity contribution >= 4 is 33.7 Å². The second-order valence-corrected chi connectivity index (χ2v) is 5.24. The second-order valence-electron chi connectivity index (χ2n) is 3.52. The Morgan fingerprint density at radius 1 is 1.53 bits per heavy atom. The number of carbonyl (C=O) groups is 1. The Morgan fingerprint density at radius 3 is 2.89 bits per heavy atom. The number of esters is 1. The minimum atomic E-state index is -0.294. The Kier molecular flexibility index (Phi) is 4.65. The van der Waals surface area contributed by atoms with Gasteiger partial charge >= 0.3 is 5.97 Å². The zero-order chi connectivity index (χ0) is 13.8. The van der Waals surface area contributed by atoms with Crippen LogP contribution in [0.1, 0.15) is 6.92 Å². The number of ether oxygens (including phenoxy) is 1. The van der Waals surface area contributed by atoms with Crippen LogP contribution in [0.25, 0.3) is 11.6 Å². The molecule has 0 bridgehead atoms. The van der Waals surface area contributed by atoms with Gasteiger partial charge in [-0.15, -0.1) is 10.2 Å². The number of halogens is 1. The molecule has 0 radical (unpaired) electrons. The summed E-state index contributed by atoms with van der Waals surface area (Å²) in [5.74, 6) is 1.18. The first-order valence-electron chi connectivity index (χ1n) is 5.54. The lowest BCUT2D eigenvalue weighted by atomic mass is 10.4. The number of rotatable bonds is 5. The van der Waals surface area contributed by atoms with Gasteiger partial charge in [-0.05, 0) is 35.0 Å². The fourth-order valence-corrected chi connectivity index (χ4v) is 2.62. The first-order valence-corrected chi connectivity index (χ1v) is 7.32. The number of methoxy groups -OCH3 is 1. The molecule has 2 aromatic heterocycles. The molecule has 0 aliphatic heterocycles. The summed E-state index contributed by atoms with van der Waals surface area (Å²) in [5, 5.41) is 8.83. The van der Waals surface area contributed by atoms with Gasteiger partial charge in [0.25, 0.3) is 0 Å². The van der Waals surface area contributed by atoms with Gasteiger partial charge in [-0.1, -0.05) is 11.8 Å². The third kappa shape index (κ3) is 3.19. The molecular formula is C11H12BrN3O3S. The van der Waals surface area contributed by atoms with Crippen LogP contribution in [0.4, 0.5) is 0 Å². The maximum absolute atomic E-state index is 11.1. The Morgan fingerprint density at radius 2 is 2.32 bits per heavy atom. The van der Waals surface area contributed by atoms with Crippen molar-refractivity contribution in [2.24, 2.45) is 0 Å². The Balaban J connectivity index is 2.23. The summed E-state index contributed by atoms with van der Waals surface area (Å²) in [6.07, 6.45) is 0. The maximum Gasteiger partial charge on any atom is 0.316 e. The Labute approximate surface area is 122 Å². The number of carbonyl (C=O) groups excluding carboxylic acids is 1. The molecular weight excluding hydrogens is 334 g/mol. The summed E-state index contributed by atoms with van der Waals surface area (Å²) >= 11 is 4.54. The maximum atomic E-state index is 11.1. The van der Waals surface area contributed by atoms with E-state index < -0.39 is 0 Å². The van der Waals surface area contributed by atoms with Crippen LogP contribution in [0.5, 0.6) is 0 Å². The van der Waals surface area contributed by atoms with Crippen LogP contribution in [0, 0.1) is 0 Å². The molecule has 0 spiro atoms. The molecule has 6 nitrogen and oxygen atoms in total. The highest BCUT2D eigenvalue weighted by Gasteiger charge is 2.16. The molecule has 2 heterocycles. The highest BCUT2D eigenvalue weighted by atomic mass is 79.9. The van der Waals surface area contributed by atoms with Crippen molar-refractivity contribution in [1.82, 2.24) is 14.8 Å². The standard InChI is InChI=1S/C11H12BrN3O3S/c1-3-15-10(7-4-5-8(12)18-7)13-14-11(15)19-6-9(16)17-2/h4-5H,3,6H2,1-2H3. The molecule has 0 saturated heterocycles. The smallest absolute Gasteiger partial charge is 0.316 e. The largest absolute Gasteiger partial charge is 0.468 e. The highest BCUT2D eigenvalue weighted by Crippen LogP contribution is 2.27. The van der Waals surface area contributed by atoms with Crippen LogP contribution in [0.2, 0.25) is 0 Å². The van der Waals surface area contributed by atoms with Crippen molar-refractivity contribution in [2.75, 3.05) is 12.9 Å². The molecule has 0 atom stereocenters. The molecule has 0 unspecified atom stereocenters. The van der Waals surface area contributed by atoms with E-state index in [0.29, 0.717) is 28.0 Å². The molecule has 8 heteroatoms. The summed E-state index contributed by atoms with van der Waals surface area (Å²) in [5.41, 5.74) is 0. The van der Waals surface area contributed by atoms with Gasteiger partial charge in [0.2, 0.25) is 5.82 Å². The minimum absolute atomic E-state index is 0.205. The van der Waals surface area contributed by atoms with E-state index in [0.717, 1.165) is 0 Å². The lowest BCUT2D eigenvalue weighted by molar-refractivity contribution is -0.137. The van der Waals surface area contributed by atoms with Crippen molar-refractivity contribution in [3.8, 4) is 11.6 Å². The van der Waals surface area contributed by atoms with Gasteiger partial charge in [0.05, 0.1) is 12.9 Å². The van der Waals surface area contributed by atoms with Gasteiger partial charge in [-0.25, -0.2) is 0 Å². The van der Waals surface area contributed by atoms with Crippen LogP contribution in [-0.4, -0.2) is 33.6 Å². The Hall–Kier alpha value is -1.28. The fourth-order valence-electron chi connectivity index (χ4n) is 1.48. The fraction of sp³-hybridized carbons (Fsp3) is 0.364. The number of thioether (sulfide) groups is 1. The van der Waals surface area contributed by atoms with E-state index in [1.807, 2.05) is 17.6 Å². The summed E-state index contributed by atoms with van der Waals surface area (Å²) in [6.45, 7) is 2.66. The summed E-state index contributed by atoms with van der Waals surface area (Å²) in [6, 6.07) is 3.61. The lowest BCUT2D eigenvalue weighted by Crippen LogP contribution is -2.05. The zero-order valence-electron chi connectivity index (χ0n) is 10.4. The van der Waals surface area contributed by atoms with E-state index >= 15 is 0 Å². The van der Waals surface area contributed by atoms with Crippen molar-refractivity contribution in [3.05, 3.63) is 16.8 Å². The van der Waals surface area contributed by atoms with Crippen LogP contribution in [0.15, 0.2) is 26.4 Å². The van der Waals surface area contributed by atoms with E-state index in [-0.39, 0.29) is 11.7 Å². The summed E-state index contributed by atoms with van der Waals surface area (Å²) in [4.78, 5) is 11.1. The minimum Gasteiger partial charge on any atom is -0.468 e. The number of furan rings is 1. The molecule has 0 saturated carbocycles. The predicted octanol–water partition coefficient (Wildman–Crippen LogP) is 2.59. The molecule has 0 aromatic carbocycles. The topological polar surface area (TPSA) is 70.2 Å². The van der Waals surface area contributed by atoms with Crippen LogP contribution in [0.3, 0.4) is 0 Å². The van der Waals surface area contributed by atoms with Gasteiger partial charge in [-0.3, -0.25) is 9.36 Å². The predicted molar refractivity (Wildman–Crippen MR) is 73.8 cm³/mol. The molecule has 102 valence electrons. The van der Waals surface area contributed by atoms with Crippen molar-refractivity contribution < 1.29 is 13.9 Å². The van der Waals surface area contributed by atoms with Gasteiger partial charge in [0.15, 0.2) is 15.6 Å². The van der Waals surface area contributed by atoms with Gasteiger partial charge in [-0.2, -0.15) is 0 Å². The van der Waals surface area contributed by atoms with Gasteiger partial charge < -0.3 is 9.15 Å². The highest BCUT2D eigenvalue weighted by molar-refractivity contribution is 9.10. The van der Waals surface area contributed by atoms with Gasteiger partial charge in [0.1, 0.15) is 0 Å². The monoisotopic (exact) mass is 345 g/mol. The number of hydrogen-bond acceptors (Lipinski definition) is 6. The molecule has 2 aromatic rings. The van der Waals surface area contributed by atoms with Crippen molar-refractivity contribution in [2.45, 2.75) is 18.6 Å². The number of aromatic nitrogens is 3. The quantitative estimate of drug-likeness (QED) is 0.612. The average Bonchev–Trinajstić information content (AvgIpc) is 3.01. The number of nitrogens with zero attached hydrogens (tertiary/aromatic N) is 3. The zero-order valence-corrected chi connectivity index (χ0v) is 12.8. The second kappa shape index (κ2) is 6.25. The molecule has 0 amide bonds. The summed E-state index contributed by atoms with van der Waals surface area (Å²) in [7, 11) is 1.36. The van der Waals surface area contributed by atoms with E-state index in [1.54, 1.807) is 6.07 Å². The van der Waals surface area contributed by atoms with E-state index in [1.165, 1.54) is 18.9 Å². The van der Waals surface area contributed by atoms with Crippen molar-refractivity contribution in [1.29, 1.82) is 0 Å². The van der Waals surface area contributed by atoms with Crippen LogP contribution >= 0.6 is 27.7 Å². The molecule has 0 fully saturated rings. The van der Waals surface area contributed by atoms with Gasteiger partial charge in [0, 0.05) is 6.54 Å². The number of hydrogen-bond donors (Lipinski definition) is 0. The van der Waals surface area contributed by atoms with Crippen molar-refractivity contribution in [3.63, 3.8) is 0 Å². The first kappa shape index (κ1) is 14.1.